The van der Waals surface area contributed by atoms with E-state index in [1.807, 2.05) is 6.07 Å². The molecule has 168 valence electrons. The first-order chi connectivity index (χ1) is 15.0. The van der Waals surface area contributed by atoms with Gasteiger partial charge >= 0.3 is 0 Å². The fourth-order valence-electron chi connectivity index (χ4n) is 3.78. The highest BCUT2D eigenvalue weighted by Crippen LogP contribution is 2.31. The number of rotatable bonds is 6. The first kappa shape index (κ1) is 21.6. The van der Waals surface area contributed by atoms with E-state index in [9.17, 15) is 8.42 Å². The molecule has 0 unspecified atom stereocenters. The molecule has 2 aliphatic heterocycles. The van der Waals surface area contributed by atoms with Gasteiger partial charge in [-0.25, -0.2) is 8.42 Å². The van der Waals surface area contributed by atoms with Gasteiger partial charge < -0.3 is 24.0 Å². The summed E-state index contributed by atoms with van der Waals surface area (Å²) >= 11 is 0. The Morgan fingerprint density at radius 2 is 1.68 bits per heavy atom. The van der Waals surface area contributed by atoms with E-state index >= 15 is 0 Å². The third kappa shape index (κ3) is 4.53. The number of anilines is 2. The molecular weight excluding hydrogens is 422 g/mol. The molecule has 31 heavy (non-hydrogen) atoms. The van der Waals surface area contributed by atoms with Gasteiger partial charge in [0.05, 0.1) is 39.3 Å². The molecule has 0 N–H and O–H groups in total. The van der Waals surface area contributed by atoms with Crippen LogP contribution < -0.4 is 19.3 Å². The van der Waals surface area contributed by atoms with Gasteiger partial charge in [-0.3, -0.25) is 0 Å². The van der Waals surface area contributed by atoms with Crippen LogP contribution in [0.4, 0.5) is 11.5 Å². The Balaban J connectivity index is 1.47. The van der Waals surface area contributed by atoms with E-state index < -0.39 is 10.0 Å². The molecule has 2 fully saturated rings. The lowest BCUT2D eigenvalue weighted by Crippen LogP contribution is -2.48. The third-order valence-corrected chi connectivity index (χ3v) is 7.47. The van der Waals surface area contributed by atoms with Gasteiger partial charge in [0.25, 0.3) is 0 Å². The van der Waals surface area contributed by atoms with Crippen molar-refractivity contribution in [3.63, 3.8) is 0 Å². The van der Waals surface area contributed by atoms with Crippen molar-refractivity contribution in [2.24, 2.45) is 0 Å². The highest BCUT2D eigenvalue weighted by molar-refractivity contribution is 7.89. The molecular formula is C20H27N5O5S. The molecule has 3 heterocycles. The Bertz CT molecular complexity index is 1000. The van der Waals surface area contributed by atoms with Gasteiger partial charge in [-0.05, 0) is 12.1 Å². The van der Waals surface area contributed by atoms with Crippen LogP contribution in [0, 0.1) is 0 Å². The molecule has 0 saturated carbocycles. The zero-order chi connectivity index (χ0) is 21.8. The summed E-state index contributed by atoms with van der Waals surface area (Å²) in [5.41, 5.74) is 0.938. The summed E-state index contributed by atoms with van der Waals surface area (Å²) in [4.78, 5) is 4.39. The van der Waals surface area contributed by atoms with Crippen LogP contribution >= 0.6 is 0 Å². The minimum Gasteiger partial charge on any atom is -0.497 e. The van der Waals surface area contributed by atoms with E-state index in [0.717, 1.165) is 24.6 Å². The van der Waals surface area contributed by atoms with Gasteiger partial charge in [0.15, 0.2) is 5.82 Å². The summed E-state index contributed by atoms with van der Waals surface area (Å²) in [5, 5.41) is 8.40. The smallest absolute Gasteiger partial charge is 0.247 e. The van der Waals surface area contributed by atoms with Crippen molar-refractivity contribution < 1.29 is 22.6 Å². The fourth-order valence-corrected chi connectivity index (χ4v) is 5.37. The number of aromatic nitrogens is 2. The second-order valence-corrected chi connectivity index (χ2v) is 9.19. The molecule has 0 aliphatic carbocycles. The minimum absolute atomic E-state index is 0.114. The van der Waals surface area contributed by atoms with Crippen molar-refractivity contribution in [3.05, 3.63) is 30.5 Å². The van der Waals surface area contributed by atoms with Crippen LogP contribution in [0.2, 0.25) is 0 Å². The van der Waals surface area contributed by atoms with Crippen LogP contribution in [0.25, 0.3) is 0 Å². The number of hydrogen-bond donors (Lipinski definition) is 0. The van der Waals surface area contributed by atoms with Crippen LogP contribution in [-0.2, 0) is 14.8 Å². The molecule has 2 saturated heterocycles. The average molecular weight is 450 g/mol. The highest BCUT2D eigenvalue weighted by Gasteiger charge is 2.31. The fraction of sp³-hybridized carbons (Fsp3) is 0.500. The number of hydrogen-bond acceptors (Lipinski definition) is 9. The van der Waals surface area contributed by atoms with Crippen molar-refractivity contribution >= 4 is 21.5 Å². The van der Waals surface area contributed by atoms with Crippen molar-refractivity contribution in [2.45, 2.75) is 4.90 Å². The number of benzene rings is 1. The summed E-state index contributed by atoms with van der Waals surface area (Å²) in [6.45, 7) is 4.75. The SMILES string of the molecule is COc1ccc(OC)c(S(=O)(=O)N2CCN(c3cnnc(N4CCOCC4)c3)CC2)c1. The Hall–Kier alpha value is -2.63. The summed E-state index contributed by atoms with van der Waals surface area (Å²) in [5.74, 6) is 1.59. The molecule has 2 aliphatic rings. The van der Waals surface area contributed by atoms with Gasteiger partial charge in [0.1, 0.15) is 16.4 Å². The first-order valence-corrected chi connectivity index (χ1v) is 11.6. The van der Waals surface area contributed by atoms with Gasteiger partial charge in [-0.15, -0.1) is 5.10 Å². The zero-order valence-corrected chi connectivity index (χ0v) is 18.5. The summed E-state index contributed by atoms with van der Waals surface area (Å²) < 4.78 is 43.9. The van der Waals surface area contributed by atoms with Gasteiger partial charge in [-0.1, -0.05) is 0 Å². The largest absolute Gasteiger partial charge is 0.497 e. The van der Waals surface area contributed by atoms with E-state index in [0.29, 0.717) is 50.9 Å². The predicted molar refractivity (Wildman–Crippen MR) is 116 cm³/mol. The minimum atomic E-state index is -3.72. The van der Waals surface area contributed by atoms with Gasteiger partial charge in [-0.2, -0.15) is 9.40 Å². The van der Waals surface area contributed by atoms with Crippen LogP contribution in [0.5, 0.6) is 11.5 Å². The molecule has 0 atom stereocenters. The number of ether oxygens (including phenoxy) is 3. The topological polar surface area (TPSA) is 97.3 Å². The van der Waals surface area contributed by atoms with Gasteiger partial charge in [0, 0.05) is 51.4 Å². The normalized spacial score (nSPS) is 18.1. The number of morpholine rings is 1. The predicted octanol–water partition coefficient (Wildman–Crippen LogP) is 0.841. The Labute approximate surface area is 182 Å². The maximum absolute atomic E-state index is 13.3. The van der Waals surface area contributed by atoms with Crippen LogP contribution in [0.15, 0.2) is 35.4 Å². The van der Waals surface area contributed by atoms with E-state index in [-0.39, 0.29) is 4.90 Å². The van der Waals surface area contributed by atoms with E-state index in [4.69, 9.17) is 14.2 Å². The maximum atomic E-state index is 13.3. The zero-order valence-electron chi connectivity index (χ0n) is 17.7. The quantitative estimate of drug-likeness (QED) is 0.635. The molecule has 11 heteroatoms. The Kier molecular flexibility index (Phi) is 6.44. The summed E-state index contributed by atoms with van der Waals surface area (Å²) in [6, 6.07) is 6.80. The lowest BCUT2D eigenvalue weighted by molar-refractivity contribution is 0.122. The van der Waals surface area contributed by atoms with Crippen LogP contribution in [0.1, 0.15) is 0 Å². The van der Waals surface area contributed by atoms with E-state index in [1.54, 1.807) is 18.3 Å². The van der Waals surface area contributed by atoms with E-state index in [2.05, 4.69) is 20.0 Å². The molecule has 2 aromatic rings. The summed E-state index contributed by atoms with van der Waals surface area (Å²) in [7, 11) is -0.752. The summed E-state index contributed by atoms with van der Waals surface area (Å²) in [6.07, 6.45) is 1.72. The molecule has 1 aromatic heterocycles. The molecule has 0 bridgehead atoms. The van der Waals surface area contributed by atoms with Crippen molar-refractivity contribution in [1.29, 1.82) is 0 Å². The van der Waals surface area contributed by atoms with Crippen molar-refractivity contribution in [1.82, 2.24) is 14.5 Å². The molecule has 4 rings (SSSR count). The maximum Gasteiger partial charge on any atom is 0.247 e. The monoisotopic (exact) mass is 449 g/mol. The van der Waals surface area contributed by atoms with E-state index in [1.165, 1.54) is 24.6 Å². The third-order valence-electron chi connectivity index (χ3n) is 5.55. The molecule has 1 aromatic carbocycles. The number of piperazine rings is 1. The highest BCUT2D eigenvalue weighted by atomic mass is 32.2. The number of nitrogens with zero attached hydrogens (tertiary/aromatic N) is 5. The number of methoxy groups -OCH3 is 2. The lowest BCUT2D eigenvalue weighted by atomic mass is 10.3. The molecule has 10 nitrogen and oxygen atoms in total. The number of sulfonamides is 1. The van der Waals surface area contributed by atoms with Crippen molar-refractivity contribution in [2.75, 3.05) is 76.5 Å². The molecule has 0 amide bonds. The Morgan fingerprint density at radius 1 is 0.935 bits per heavy atom. The lowest BCUT2D eigenvalue weighted by Gasteiger charge is -2.36. The van der Waals surface area contributed by atoms with Crippen LogP contribution in [-0.4, -0.2) is 89.6 Å². The van der Waals surface area contributed by atoms with Crippen molar-refractivity contribution in [3.8, 4) is 11.5 Å². The Morgan fingerprint density at radius 3 is 2.35 bits per heavy atom. The second-order valence-electron chi connectivity index (χ2n) is 7.28. The first-order valence-electron chi connectivity index (χ1n) is 10.2. The second kappa shape index (κ2) is 9.25. The average Bonchev–Trinajstić information content (AvgIpc) is 2.84. The molecule has 0 spiro atoms. The standard InChI is InChI=1S/C20H27N5O5S/c1-28-17-3-4-18(29-2)19(14-17)31(26,27)25-7-5-23(6-8-25)16-13-20(22-21-15-16)24-9-11-30-12-10-24/h3-4,13-15H,5-12H2,1-2H3. The van der Waals surface area contributed by atoms with Crippen LogP contribution in [0.3, 0.4) is 0 Å². The molecule has 0 radical (unpaired) electrons. The van der Waals surface area contributed by atoms with Gasteiger partial charge in [0.2, 0.25) is 10.0 Å².